The maximum Gasteiger partial charge on any atom is 0.290 e. The highest BCUT2D eigenvalue weighted by Crippen LogP contribution is 2.14. The summed E-state index contributed by atoms with van der Waals surface area (Å²) in [5, 5.41) is 4.20. The molecule has 2 rings (SSSR count). The van der Waals surface area contributed by atoms with E-state index in [0.717, 1.165) is 5.56 Å². The van der Waals surface area contributed by atoms with Gasteiger partial charge in [0.1, 0.15) is 5.02 Å². The van der Waals surface area contributed by atoms with E-state index in [-0.39, 0.29) is 15.7 Å². The van der Waals surface area contributed by atoms with E-state index in [2.05, 4.69) is 5.10 Å². The fourth-order valence-electron chi connectivity index (χ4n) is 1.40. The third-order valence-electron chi connectivity index (χ3n) is 2.18. The largest absolute Gasteiger partial charge is 0.290 e. The number of benzene rings is 1. The van der Waals surface area contributed by atoms with Crippen molar-refractivity contribution in [3.8, 4) is 5.69 Å². The summed E-state index contributed by atoms with van der Waals surface area (Å²) >= 11 is 11.5. The molecule has 3 nitrogen and oxygen atoms in total. The molecule has 0 aliphatic heterocycles. The lowest BCUT2D eigenvalue weighted by Gasteiger charge is -2.07. The van der Waals surface area contributed by atoms with Crippen LogP contribution in [0.4, 0.5) is 0 Å². The zero-order valence-electron chi connectivity index (χ0n) is 8.45. The maximum absolute atomic E-state index is 11.8. The second-order valence-electron chi connectivity index (χ2n) is 3.32. The van der Waals surface area contributed by atoms with E-state index in [1.807, 2.05) is 25.1 Å². The average Bonchev–Trinajstić information content (AvgIpc) is 2.24. The van der Waals surface area contributed by atoms with E-state index in [1.54, 1.807) is 6.07 Å². The van der Waals surface area contributed by atoms with Gasteiger partial charge in [0, 0.05) is 6.07 Å². The van der Waals surface area contributed by atoms with E-state index >= 15 is 0 Å². The molecule has 82 valence electrons. The molecule has 1 heterocycles. The van der Waals surface area contributed by atoms with Gasteiger partial charge in [-0.1, -0.05) is 41.4 Å². The van der Waals surface area contributed by atoms with E-state index in [9.17, 15) is 4.79 Å². The number of halogens is 2. The maximum atomic E-state index is 11.8. The zero-order chi connectivity index (χ0) is 11.7. The minimum atomic E-state index is -0.375. The van der Waals surface area contributed by atoms with Crippen LogP contribution in [0.25, 0.3) is 5.69 Å². The smallest absolute Gasteiger partial charge is 0.266 e. The minimum Gasteiger partial charge on any atom is -0.266 e. The molecule has 2 aromatic rings. The Bertz CT molecular complexity index is 593. The second-order valence-corrected chi connectivity index (χ2v) is 4.11. The fraction of sp³-hybridized carbons (Fsp3) is 0.0909. The molecular formula is C11H8Cl2N2O. The van der Waals surface area contributed by atoms with Crippen LogP contribution in [0.15, 0.2) is 35.1 Å². The number of aryl methyl sites for hydroxylation is 1. The fourth-order valence-corrected chi connectivity index (χ4v) is 1.83. The van der Waals surface area contributed by atoms with Crippen LogP contribution in [0, 0.1) is 6.92 Å². The molecule has 0 N–H and O–H groups in total. The highest BCUT2D eigenvalue weighted by Gasteiger charge is 2.08. The van der Waals surface area contributed by atoms with Crippen LogP contribution in [-0.4, -0.2) is 9.78 Å². The van der Waals surface area contributed by atoms with E-state index in [0.29, 0.717) is 5.69 Å². The summed E-state index contributed by atoms with van der Waals surface area (Å²) < 4.78 is 1.21. The van der Waals surface area contributed by atoms with Crippen molar-refractivity contribution in [3.63, 3.8) is 0 Å². The number of nitrogens with zero attached hydrogens (tertiary/aromatic N) is 2. The first-order valence-electron chi connectivity index (χ1n) is 4.61. The lowest BCUT2D eigenvalue weighted by atomic mass is 10.2. The average molecular weight is 255 g/mol. The van der Waals surface area contributed by atoms with Gasteiger partial charge in [-0.05, 0) is 18.6 Å². The van der Waals surface area contributed by atoms with Crippen molar-refractivity contribution >= 4 is 23.2 Å². The van der Waals surface area contributed by atoms with Gasteiger partial charge in [-0.3, -0.25) is 4.79 Å². The lowest BCUT2D eigenvalue weighted by molar-refractivity contribution is 0.802. The molecule has 1 aromatic heterocycles. The summed E-state index contributed by atoms with van der Waals surface area (Å²) in [6.45, 7) is 1.89. The molecule has 0 saturated heterocycles. The molecule has 16 heavy (non-hydrogen) atoms. The Kier molecular flexibility index (Phi) is 2.99. The molecule has 0 aliphatic carbocycles. The monoisotopic (exact) mass is 254 g/mol. The molecule has 0 atom stereocenters. The van der Waals surface area contributed by atoms with Crippen molar-refractivity contribution in [3.05, 3.63) is 56.4 Å². The van der Waals surface area contributed by atoms with Crippen molar-refractivity contribution < 1.29 is 0 Å². The van der Waals surface area contributed by atoms with Crippen LogP contribution in [0.1, 0.15) is 5.56 Å². The molecule has 0 aliphatic rings. The minimum absolute atomic E-state index is 0.0586. The highest BCUT2D eigenvalue weighted by atomic mass is 35.5. The van der Waals surface area contributed by atoms with Crippen LogP contribution >= 0.6 is 23.2 Å². The Morgan fingerprint density at radius 2 is 1.94 bits per heavy atom. The van der Waals surface area contributed by atoms with Gasteiger partial charge >= 0.3 is 0 Å². The Hall–Kier alpha value is -1.32. The highest BCUT2D eigenvalue weighted by molar-refractivity contribution is 6.33. The molecule has 0 amide bonds. The van der Waals surface area contributed by atoms with Crippen LogP contribution in [0.3, 0.4) is 0 Å². The Morgan fingerprint density at radius 3 is 2.62 bits per heavy atom. The Morgan fingerprint density at radius 1 is 1.25 bits per heavy atom. The van der Waals surface area contributed by atoms with Gasteiger partial charge in [0.05, 0.1) is 5.69 Å². The number of rotatable bonds is 1. The van der Waals surface area contributed by atoms with Crippen LogP contribution < -0.4 is 5.56 Å². The molecule has 0 fully saturated rings. The van der Waals surface area contributed by atoms with Gasteiger partial charge in [-0.2, -0.15) is 9.78 Å². The van der Waals surface area contributed by atoms with Crippen molar-refractivity contribution in [1.29, 1.82) is 0 Å². The number of aromatic nitrogens is 2. The molecular weight excluding hydrogens is 247 g/mol. The first kappa shape index (κ1) is 11.2. The van der Waals surface area contributed by atoms with Crippen molar-refractivity contribution in [2.24, 2.45) is 0 Å². The Labute approximate surface area is 102 Å². The predicted octanol–water partition coefficient (Wildman–Crippen LogP) is 2.85. The van der Waals surface area contributed by atoms with Crippen molar-refractivity contribution in [2.75, 3.05) is 0 Å². The summed E-state index contributed by atoms with van der Waals surface area (Å²) in [5.41, 5.74) is 1.23. The lowest BCUT2D eigenvalue weighted by Crippen LogP contribution is -2.22. The van der Waals surface area contributed by atoms with Gasteiger partial charge in [-0.15, -0.1) is 0 Å². The molecule has 0 unspecified atom stereocenters. The first-order chi connectivity index (χ1) is 7.59. The van der Waals surface area contributed by atoms with Gasteiger partial charge in [-0.25, -0.2) is 0 Å². The predicted molar refractivity (Wildman–Crippen MR) is 64.6 cm³/mol. The van der Waals surface area contributed by atoms with Gasteiger partial charge in [0.25, 0.3) is 5.56 Å². The van der Waals surface area contributed by atoms with Crippen LogP contribution in [0.2, 0.25) is 10.2 Å². The van der Waals surface area contributed by atoms with E-state index in [4.69, 9.17) is 23.2 Å². The zero-order valence-corrected chi connectivity index (χ0v) is 9.96. The Balaban J connectivity index is 2.75. The quantitative estimate of drug-likeness (QED) is 0.785. The molecule has 0 radical (unpaired) electrons. The van der Waals surface area contributed by atoms with Crippen LogP contribution in [0.5, 0.6) is 0 Å². The number of hydrogen-bond acceptors (Lipinski definition) is 2. The van der Waals surface area contributed by atoms with Gasteiger partial charge in [0.2, 0.25) is 0 Å². The first-order valence-corrected chi connectivity index (χ1v) is 5.36. The van der Waals surface area contributed by atoms with Gasteiger partial charge in [0.15, 0.2) is 5.15 Å². The summed E-state index contributed by atoms with van der Waals surface area (Å²) in [5.74, 6) is 0. The molecule has 5 heteroatoms. The van der Waals surface area contributed by atoms with Crippen molar-refractivity contribution in [1.82, 2.24) is 9.78 Å². The van der Waals surface area contributed by atoms with Gasteiger partial charge < -0.3 is 0 Å². The van der Waals surface area contributed by atoms with Crippen LogP contribution in [-0.2, 0) is 0 Å². The molecule has 1 aromatic carbocycles. The third kappa shape index (κ3) is 1.96. The SMILES string of the molecule is Cc1ccccc1-n1nc(Cl)cc(Cl)c1=O. The summed E-state index contributed by atoms with van der Waals surface area (Å²) in [6.07, 6.45) is 0. The summed E-state index contributed by atoms with van der Waals surface area (Å²) in [4.78, 5) is 11.8. The molecule has 0 saturated carbocycles. The number of para-hydroxylation sites is 1. The standard InChI is InChI=1S/C11H8Cl2N2O/c1-7-4-2-3-5-9(7)15-11(16)8(12)6-10(13)14-15/h2-6H,1H3. The van der Waals surface area contributed by atoms with E-state index < -0.39 is 0 Å². The topological polar surface area (TPSA) is 34.9 Å². The van der Waals surface area contributed by atoms with E-state index in [1.165, 1.54) is 10.7 Å². The molecule has 0 spiro atoms. The van der Waals surface area contributed by atoms with Crippen molar-refractivity contribution in [2.45, 2.75) is 6.92 Å². The normalized spacial score (nSPS) is 10.4. The number of hydrogen-bond donors (Lipinski definition) is 0. The molecule has 0 bridgehead atoms. The second kappa shape index (κ2) is 4.28. The summed E-state index contributed by atoms with van der Waals surface area (Å²) in [6, 6.07) is 8.72. The third-order valence-corrected chi connectivity index (χ3v) is 2.64. The summed E-state index contributed by atoms with van der Waals surface area (Å²) in [7, 11) is 0.